The molecule has 0 aromatic heterocycles. The molecule has 0 saturated carbocycles. The van der Waals surface area contributed by atoms with E-state index >= 15 is 0 Å². The van der Waals surface area contributed by atoms with Gasteiger partial charge in [0.05, 0.1) is 0 Å². The van der Waals surface area contributed by atoms with Gasteiger partial charge in [0.15, 0.2) is 0 Å². The second-order valence-electron chi connectivity index (χ2n) is 4.12. The fourth-order valence-electron chi connectivity index (χ4n) is 2.23. The molecule has 1 saturated heterocycles. The van der Waals surface area contributed by atoms with E-state index in [0.29, 0.717) is 0 Å². The van der Waals surface area contributed by atoms with Gasteiger partial charge in [0.2, 0.25) is 0 Å². The number of hydrogen-bond acceptors (Lipinski definition) is 2. The third-order valence-electron chi connectivity index (χ3n) is 3.04. The van der Waals surface area contributed by atoms with Crippen LogP contribution in [-0.2, 0) is 0 Å². The van der Waals surface area contributed by atoms with Crippen LogP contribution in [0.15, 0.2) is 0 Å². The first-order valence-electron chi connectivity index (χ1n) is 5.82. The molecule has 1 atom stereocenters. The van der Waals surface area contributed by atoms with E-state index in [1.807, 2.05) is 0 Å². The van der Waals surface area contributed by atoms with Crippen LogP contribution < -0.4 is 5.73 Å². The van der Waals surface area contributed by atoms with Crippen molar-refractivity contribution in [3.63, 3.8) is 0 Å². The summed E-state index contributed by atoms with van der Waals surface area (Å²) in [6.45, 7) is 5.77. The highest BCUT2D eigenvalue weighted by Crippen LogP contribution is 2.21. The molecule has 78 valence electrons. The monoisotopic (exact) mass is 184 g/mol. The maximum atomic E-state index is 5.53. The molecule has 0 aromatic rings. The van der Waals surface area contributed by atoms with Gasteiger partial charge < -0.3 is 10.6 Å². The van der Waals surface area contributed by atoms with Crippen LogP contribution in [0.25, 0.3) is 0 Å². The molecule has 1 rings (SSSR count). The Hall–Kier alpha value is -0.0800. The van der Waals surface area contributed by atoms with Crippen LogP contribution in [0.4, 0.5) is 0 Å². The van der Waals surface area contributed by atoms with Gasteiger partial charge in [0.1, 0.15) is 0 Å². The Morgan fingerprint density at radius 3 is 2.92 bits per heavy atom. The summed E-state index contributed by atoms with van der Waals surface area (Å²) in [6, 6.07) is 0.857. The van der Waals surface area contributed by atoms with Crippen molar-refractivity contribution in [2.45, 2.75) is 51.5 Å². The lowest BCUT2D eigenvalue weighted by molar-refractivity contribution is 0.237. The SMILES string of the molecule is CCCCN1CCC[C@@H]1CCCN. The molecule has 0 bridgehead atoms. The van der Waals surface area contributed by atoms with Gasteiger partial charge >= 0.3 is 0 Å². The highest BCUT2D eigenvalue weighted by Gasteiger charge is 2.22. The summed E-state index contributed by atoms with van der Waals surface area (Å²) in [4.78, 5) is 2.67. The fraction of sp³-hybridized carbons (Fsp3) is 1.00. The summed E-state index contributed by atoms with van der Waals surface area (Å²) >= 11 is 0. The smallest absolute Gasteiger partial charge is 0.00962 e. The average Bonchev–Trinajstić information content (AvgIpc) is 2.59. The molecule has 1 heterocycles. The van der Waals surface area contributed by atoms with Crippen LogP contribution in [0.5, 0.6) is 0 Å². The molecule has 1 aliphatic rings. The van der Waals surface area contributed by atoms with Crippen molar-refractivity contribution in [3.05, 3.63) is 0 Å². The molecule has 0 spiro atoms. The highest BCUT2D eigenvalue weighted by molar-refractivity contribution is 4.78. The van der Waals surface area contributed by atoms with E-state index in [4.69, 9.17) is 5.73 Å². The van der Waals surface area contributed by atoms with E-state index in [9.17, 15) is 0 Å². The summed E-state index contributed by atoms with van der Waals surface area (Å²) < 4.78 is 0. The van der Waals surface area contributed by atoms with E-state index < -0.39 is 0 Å². The van der Waals surface area contributed by atoms with Crippen LogP contribution in [0, 0.1) is 0 Å². The number of unbranched alkanes of at least 4 members (excludes halogenated alkanes) is 1. The van der Waals surface area contributed by atoms with Crippen molar-refractivity contribution >= 4 is 0 Å². The number of nitrogens with zero attached hydrogens (tertiary/aromatic N) is 1. The van der Waals surface area contributed by atoms with Crippen molar-refractivity contribution in [1.82, 2.24) is 4.90 Å². The summed E-state index contributed by atoms with van der Waals surface area (Å²) in [5.41, 5.74) is 5.53. The lowest BCUT2D eigenvalue weighted by atomic mass is 10.1. The van der Waals surface area contributed by atoms with Crippen molar-refractivity contribution in [2.75, 3.05) is 19.6 Å². The molecule has 2 nitrogen and oxygen atoms in total. The number of nitrogens with two attached hydrogens (primary N) is 1. The van der Waals surface area contributed by atoms with E-state index in [-0.39, 0.29) is 0 Å². The molecular weight excluding hydrogens is 160 g/mol. The molecule has 2 N–H and O–H groups in total. The largest absolute Gasteiger partial charge is 0.330 e. The van der Waals surface area contributed by atoms with Crippen molar-refractivity contribution in [3.8, 4) is 0 Å². The topological polar surface area (TPSA) is 29.3 Å². The highest BCUT2D eigenvalue weighted by atomic mass is 15.2. The molecule has 0 aliphatic carbocycles. The van der Waals surface area contributed by atoms with Crippen LogP contribution in [0.2, 0.25) is 0 Å². The first kappa shape index (κ1) is 11.0. The quantitative estimate of drug-likeness (QED) is 0.684. The van der Waals surface area contributed by atoms with Gasteiger partial charge in [-0.1, -0.05) is 13.3 Å². The minimum atomic E-state index is 0.857. The minimum absolute atomic E-state index is 0.857. The lowest BCUT2D eigenvalue weighted by Gasteiger charge is -2.23. The molecule has 0 aromatic carbocycles. The van der Waals surface area contributed by atoms with Gasteiger partial charge in [-0.25, -0.2) is 0 Å². The molecule has 1 aliphatic heterocycles. The predicted octanol–water partition coefficient (Wildman–Crippen LogP) is 1.99. The summed E-state index contributed by atoms with van der Waals surface area (Å²) in [6.07, 6.45) is 8.01. The van der Waals surface area contributed by atoms with E-state index in [2.05, 4.69) is 11.8 Å². The zero-order valence-corrected chi connectivity index (χ0v) is 8.97. The van der Waals surface area contributed by atoms with E-state index in [0.717, 1.165) is 12.6 Å². The van der Waals surface area contributed by atoms with Crippen molar-refractivity contribution in [2.24, 2.45) is 5.73 Å². The Labute approximate surface area is 82.5 Å². The Bertz CT molecular complexity index is 111. The number of likely N-dealkylation sites (tertiary alicyclic amines) is 1. The average molecular weight is 184 g/mol. The van der Waals surface area contributed by atoms with Gasteiger partial charge in [0.25, 0.3) is 0 Å². The maximum absolute atomic E-state index is 5.53. The fourth-order valence-corrected chi connectivity index (χ4v) is 2.23. The number of rotatable bonds is 6. The lowest BCUT2D eigenvalue weighted by Crippen LogP contribution is -2.30. The predicted molar refractivity (Wildman–Crippen MR) is 57.8 cm³/mol. The first-order valence-corrected chi connectivity index (χ1v) is 5.82. The molecule has 0 radical (unpaired) electrons. The van der Waals surface area contributed by atoms with Crippen LogP contribution in [0.1, 0.15) is 45.4 Å². The van der Waals surface area contributed by atoms with E-state index in [1.54, 1.807) is 0 Å². The van der Waals surface area contributed by atoms with Crippen LogP contribution in [0.3, 0.4) is 0 Å². The number of hydrogen-bond donors (Lipinski definition) is 1. The molecule has 0 amide bonds. The second kappa shape index (κ2) is 6.39. The van der Waals surface area contributed by atoms with Crippen molar-refractivity contribution in [1.29, 1.82) is 0 Å². The zero-order chi connectivity index (χ0) is 9.52. The zero-order valence-electron chi connectivity index (χ0n) is 8.97. The van der Waals surface area contributed by atoms with E-state index in [1.165, 1.54) is 51.6 Å². The minimum Gasteiger partial charge on any atom is -0.330 e. The first-order chi connectivity index (χ1) is 6.38. The van der Waals surface area contributed by atoms with Gasteiger partial charge in [0, 0.05) is 6.04 Å². The summed E-state index contributed by atoms with van der Waals surface area (Å²) in [5.74, 6) is 0. The standard InChI is InChI=1S/C11H24N2/c1-2-3-9-13-10-5-7-11(13)6-4-8-12/h11H,2-10,12H2,1H3/t11-/m0/s1. The third kappa shape index (κ3) is 3.65. The molecule has 13 heavy (non-hydrogen) atoms. The maximum Gasteiger partial charge on any atom is 0.00962 e. The summed E-state index contributed by atoms with van der Waals surface area (Å²) in [5, 5.41) is 0. The van der Waals surface area contributed by atoms with Gasteiger partial charge in [-0.15, -0.1) is 0 Å². The Morgan fingerprint density at radius 2 is 2.23 bits per heavy atom. The Morgan fingerprint density at radius 1 is 1.38 bits per heavy atom. The summed E-state index contributed by atoms with van der Waals surface area (Å²) in [7, 11) is 0. The Kier molecular flexibility index (Phi) is 5.40. The molecular formula is C11H24N2. The molecule has 2 heteroatoms. The normalized spacial score (nSPS) is 24.0. The molecule has 0 unspecified atom stereocenters. The van der Waals surface area contributed by atoms with Gasteiger partial charge in [-0.3, -0.25) is 0 Å². The third-order valence-corrected chi connectivity index (χ3v) is 3.04. The Balaban J connectivity index is 2.18. The van der Waals surface area contributed by atoms with Gasteiger partial charge in [-0.05, 0) is 51.7 Å². The van der Waals surface area contributed by atoms with Crippen LogP contribution in [-0.4, -0.2) is 30.6 Å². The second-order valence-corrected chi connectivity index (χ2v) is 4.12. The molecule has 1 fully saturated rings. The van der Waals surface area contributed by atoms with Crippen molar-refractivity contribution < 1.29 is 0 Å². The van der Waals surface area contributed by atoms with Crippen LogP contribution >= 0.6 is 0 Å². The van der Waals surface area contributed by atoms with Gasteiger partial charge in [-0.2, -0.15) is 0 Å².